The van der Waals surface area contributed by atoms with Crippen LogP contribution in [-0.4, -0.2) is 17.2 Å². The quantitative estimate of drug-likeness (QED) is 0.259. The molecular formula is C26H19F6NO2S. The Hall–Kier alpha value is -3.53. The van der Waals surface area contributed by atoms with Crippen molar-refractivity contribution in [1.82, 2.24) is 0 Å². The summed E-state index contributed by atoms with van der Waals surface area (Å²) in [5, 5.41) is 11.4. The Labute approximate surface area is 206 Å². The van der Waals surface area contributed by atoms with E-state index in [1.807, 2.05) is 24.3 Å². The first-order valence-corrected chi connectivity index (χ1v) is 11.6. The molecule has 36 heavy (non-hydrogen) atoms. The molecule has 0 spiro atoms. The van der Waals surface area contributed by atoms with Crippen molar-refractivity contribution >= 4 is 33.0 Å². The topological polar surface area (TPSA) is 40.5 Å². The van der Waals surface area contributed by atoms with Crippen molar-refractivity contribution in [2.45, 2.75) is 31.7 Å². The number of phenols is 1. The van der Waals surface area contributed by atoms with Crippen LogP contribution < -0.4 is 4.90 Å². The van der Waals surface area contributed by atoms with Crippen LogP contribution in [0.4, 0.5) is 32.0 Å². The molecule has 1 N–H and O–H groups in total. The summed E-state index contributed by atoms with van der Waals surface area (Å²) in [5.41, 5.74) is -0.526. The van der Waals surface area contributed by atoms with Crippen molar-refractivity contribution in [1.29, 1.82) is 0 Å². The zero-order chi connectivity index (χ0) is 26.1. The largest absolute Gasteiger partial charge is 0.506 e. The normalized spacial score (nSPS) is 12.2. The van der Waals surface area contributed by atoms with Crippen molar-refractivity contribution in [2.75, 3.05) is 4.90 Å². The number of anilines is 1. The molecule has 10 heteroatoms. The molecule has 0 atom stereocenters. The molecule has 3 aromatic carbocycles. The predicted molar refractivity (Wildman–Crippen MR) is 127 cm³/mol. The maximum absolute atomic E-state index is 13.2. The molecule has 3 nitrogen and oxygen atoms in total. The smallest absolute Gasteiger partial charge is 0.416 e. The highest BCUT2D eigenvalue weighted by atomic mass is 32.1. The van der Waals surface area contributed by atoms with Crippen LogP contribution in [-0.2, 0) is 17.5 Å². The van der Waals surface area contributed by atoms with Gasteiger partial charge in [-0.1, -0.05) is 36.4 Å². The molecule has 188 valence electrons. The second-order valence-corrected chi connectivity index (χ2v) is 9.30. The van der Waals surface area contributed by atoms with Crippen molar-refractivity contribution in [3.63, 3.8) is 0 Å². The van der Waals surface area contributed by atoms with Gasteiger partial charge < -0.3 is 10.0 Å². The number of carbonyl (C=O) groups is 1. The average Bonchev–Trinajstić information content (AvgIpc) is 3.23. The lowest BCUT2D eigenvalue weighted by atomic mass is 10.0. The minimum atomic E-state index is -4.57. The number of amides is 1. The average molecular weight is 523 g/mol. The molecule has 0 aliphatic heterocycles. The van der Waals surface area contributed by atoms with Gasteiger partial charge >= 0.3 is 12.4 Å². The number of aromatic hydroxyl groups is 1. The second-order valence-electron chi connectivity index (χ2n) is 8.13. The molecule has 1 amide bonds. The van der Waals surface area contributed by atoms with Crippen molar-refractivity contribution in [3.8, 4) is 16.9 Å². The van der Waals surface area contributed by atoms with Crippen LogP contribution in [0.1, 0.15) is 23.3 Å². The maximum Gasteiger partial charge on any atom is 0.416 e. The number of hydrogen-bond donors (Lipinski definition) is 1. The summed E-state index contributed by atoms with van der Waals surface area (Å²) < 4.78 is 79.0. The highest BCUT2D eigenvalue weighted by molar-refractivity contribution is 7.19. The zero-order valence-electron chi connectivity index (χ0n) is 18.5. The lowest BCUT2D eigenvalue weighted by Gasteiger charge is -2.24. The Bertz CT molecular complexity index is 1360. The zero-order valence-corrected chi connectivity index (χ0v) is 19.3. The van der Waals surface area contributed by atoms with E-state index in [2.05, 4.69) is 0 Å². The summed E-state index contributed by atoms with van der Waals surface area (Å²) in [6, 6.07) is 17.6. The molecule has 0 saturated carbocycles. The minimum Gasteiger partial charge on any atom is -0.506 e. The number of rotatable bonds is 6. The van der Waals surface area contributed by atoms with E-state index in [0.29, 0.717) is 4.88 Å². The molecule has 0 bridgehead atoms. The minimum absolute atomic E-state index is 0.0884. The van der Waals surface area contributed by atoms with Crippen LogP contribution in [0.15, 0.2) is 72.8 Å². The number of alkyl halides is 6. The molecule has 0 radical (unpaired) electrons. The number of halogens is 6. The van der Waals surface area contributed by atoms with Gasteiger partial charge in [-0.05, 0) is 52.9 Å². The molecule has 0 aliphatic rings. The summed E-state index contributed by atoms with van der Waals surface area (Å²) in [4.78, 5) is 14.7. The fraction of sp³-hybridized carbons (Fsp3) is 0.192. The van der Waals surface area contributed by atoms with Gasteiger partial charge in [0.15, 0.2) is 0 Å². The Morgan fingerprint density at radius 2 is 1.58 bits per heavy atom. The van der Waals surface area contributed by atoms with E-state index < -0.39 is 36.7 Å². The van der Waals surface area contributed by atoms with Gasteiger partial charge in [0.2, 0.25) is 5.91 Å². The number of phenolic OH excluding ortho intramolecular Hbond substituents is 1. The predicted octanol–water partition coefficient (Wildman–Crippen LogP) is 8.17. The Balaban J connectivity index is 1.74. The first-order chi connectivity index (χ1) is 16.9. The summed E-state index contributed by atoms with van der Waals surface area (Å²) in [6.07, 6.45) is -11.3. The van der Waals surface area contributed by atoms with Gasteiger partial charge in [0.25, 0.3) is 0 Å². The highest BCUT2D eigenvalue weighted by Gasteiger charge is 2.32. The van der Waals surface area contributed by atoms with Gasteiger partial charge in [-0.3, -0.25) is 4.79 Å². The lowest BCUT2D eigenvalue weighted by molar-refractivity contribution is -0.143. The van der Waals surface area contributed by atoms with E-state index in [9.17, 15) is 36.2 Å². The van der Waals surface area contributed by atoms with Gasteiger partial charge in [0.05, 0.1) is 24.2 Å². The van der Waals surface area contributed by atoms with Gasteiger partial charge in [0.1, 0.15) is 5.75 Å². The van der Waals surface area contributed by atoms with Crippen LogP contribution in [0.2, 0.25) is 0 Å². The Morgan fingerprint density at radius 3 is 2.28 bits per heavy atom. The molecule has 1 aromatic heterocycles. The third kappa shape index (κ3) is 5.99. The molecule has 4 aromatic rings. The third-order valence-corrected chi connectivity index (χ3v) is 6.60. The number of benzene rings is 3. The number of fused-ring (bicyclic) bond motifs is 1. The molecular weight excluding hydrogens is 504 g/mol. The van der Waals surface area contributed by atoms with Gasteiger partial charge in [-0.2, -0.15) is 26.3 Å². The lowest BCUT2D eigenvalue weighted by Crippen LogP contribution is -2.31. The van der Waals surface area contributed by atoms with Gasteiger partial charge in [-0.15, -0.1) is 11.3 Å². The summed E-state index contributed by atoms with van der Waals surface area (Å²) in [7, 11) is 0. The third-order valence-electron chi connectivity index (χ3n) is 5.50. The summed E-state index contributed by atoms with van der Waals surface area (Å²) in [5.74, 6) is -1.26. The first-order valence-electron chi connectivity index (χ1n) is 10.8. The van der Waals surface area contributed by atoms with Crippen molar-refractivity contribution < 1.29 is 36.2 Å². The molecule has 0 fully saturated rings. The fourth-order valence-corrected chi connectivity index (χ4v) is 4.81. The number of carbonyl (C=O) groups excluding carboxylic acids is 1. The van der Waals surface area contributed by atoms with Crippen molar-refractivity contribution in [2.24, 2.45) is 0 Å². The SMILES string of the molecule is O=C(CCC(F)(F)F)N(Cc1cc2ccccc2s1)c1cc(-c2cccc(C(F)(F)F)c2)ccc1O. The van der Waals surface area contributed by atoms with Crippen LogP contribution in [0.5, 0.6) is 5.75 Å². The van der Waals surface area contributed by atoms with Crippen LogP contribution in [0, 0.1) is 0 Å². The van der Waals surface area contributed by atoms with E-state index in [1.54, 1.807) is 6.07 Å². The Morgan fingerprint density at radius 1 is 0.861 bits per heavy atom. The molecule has 4 rings (SSSR count). The standard InChI is InChI=1S/C26H19F6NO2S/c27-25(28,29)11-10-24(35)33(15-20-13-18-4-1-2-7-23(18)36-20)21-14-17(8-9-22(21)34)16-5-3-6-19(12-16)26(30,31)32/h1-9,12-14,34H,10-11,15H2. The van der Waals surface area contributed by atoms with Crippen molar-refractivity contribution in [3.05, 3.63) is 83.2 Å². The monoisotopic (exact) mass is 523 g/mol. The second kappa shape index (κ2) is 9.85. The number of nitrogens with zero attached hydrogens (tertiary/aromatic N) is 1. The first kappa shape index (κ1) is 25.6. The van der Waals surface area contributed by atoms with E-state index in [1.165, 1.54) is 41.7 Å². The molecule has 1 heterocycles. The van der Waals surface area contributed by atoms with Gasteiger partial charge in [-0.25, -0.2) is 0 Å². The molecule has 0 unspecified atom stereocenters. The molecule has 0 aliphatic carbocycles. The van der Waals surface area contributed by atoms with Crippen LogP contribution in [0.3, 0.4) is 0 Å². The summed E-state index contributed by atoms with van der Waals surface area (Å²) in [6.45, 7) is -0.115. The Kier molecular flexibility index (Phi) is 6.99. The van der Waals surface area contributed by atoms with E-state index in [0.717, 1.165) is 27.1 Å². The van der Waals surface area contributed by atoms with E-state index >= 15 is 0 Å². The van der Waals surface area contributed by atoms with Crippen LogP contribution >= 0.6 is 11.3 Å². The fourth-order valence-electron chi connectivity index (χ4n) is 3.76. The molecule has 0 saturated heterocycles. The number of thiophene rings is 1. The maximum atomic E-state index is 13.2. The van der Waals surface area contributed by atoms with E-state index in [4.69, 9.17) is 0 Å². The van der Waals surface area contributed by atoms with E-state index in [-0.39, 0.29) is 29.1 Å². The number of hydrogen-bond acceptors (Lipinski definition) is 3. The highest BCUT2D eigenvalue weighted by Crippen LogP contribution is 2.38. The summed E-state index contributed by atoms with van der Waals surface area (Å²) >= 11 is 1.35. The van der Waals surface area contributed by atoms with Crippen LogP contribution in [0.25, 0.3) is 21.2 Å². The van der Waals surface area contributed by atoms with Gasteiger partial charge in [0, 0.05) is 16.0 Å².